The van der Waals surface area contributed by atoms with Crippen LogP contribution >= 0.6 is 23.2 Å². The van der Waals surface area contributed by atoms with Crippen molar-refractivity contribution in [2.75, 3.05) is 49.9 Å². The lowest BCUT2D eigenvalue weighted by atomic mass is 9.96. The first kappa shape index (κ1) is 38.0. The van der Waals surface area contributed by atoms with E-state index in [1.165, 1.54) is 18.1 Å². The van der Waals surface area contributed by atoms with E-state index in [2.05, 4.69) is 15.1 Å². The number of methoxy groups -OCH3 is 1. The number of ether oxygens (including phenoxy) is 3. The molecule has 0 spiro atoms. The van der Waals surface area contributed by atoms with Crippen molar-refractivity contribution in [3.8, 4) is 16.9 Å². The molecule has 4 atom stereocenters. The number of nitrogens with one attached hydrogen (secondary N) is 1. The fourth-order valence-electron chi connectivity index (χ4n) is 8.01. The number of piperazine rings is 1. The molecule has 1 amide bonds. The molecule has 17 heteroatoms. The van der Waals surface area contributed by atoms with Crippen molar-refractivity contribution in [1.82, 2.24) is 10.2 Å². The Kier molecular flexibility index (Phi) is 10.6. The van der Waals surface area contributed by atoms with Gasteiger partial charge in [0.05, 0.1) is 65.8 Å². The average molecular weight is 796 g/mol. The fourth-order valence-corrected chi connectivity index (χ4v) is 8.64. The largest absolute Gasteiger partial charge is 0.490 e. The number of fused-ring (bicyclic) bond motifs is 5. The number of benzene rings is 3. The Morgan fingerprint density at radius 2 is 1.57 bits per heavy atom. The first-order valence-electron chi connectivity index (χ1n) is 17.4. The molecule has 5 heterocycles. The Morgan fingerprint density at radius 3 is 2.17 bits per heavy atom. The van der Waals surface area contributed by atoms with Crippen molar-refractivity contribution in [3.63, 3.8) is 0 Å². The third-order valence-electron chi connectivity index (χ3n) is 10.5. The van der Waals surface area contributed by atoms with Crippen LogP contribution in [0.2, 0.25) is 10.0 Å². The summed E-state index contributed by atoms with van der Waals surface area (Å²) in [6, 6.07) is 13.2. The lowest BCUT2D eigenvalue weighted by Gasteiger charge is -2.38. The number of rotatable bonds is 5. The maximum atomic E-state index is 15.9. The Balaban J connectivity index is 0.000000588. The molecule has 3 aromatic rings. The third kappa shape index (κ3) is 7.38. The second-order valence-electron chi connectivity index (χ2n) is 13.9. The normalized spacial score (nSPS) is 22.9. The van der Waals surface area contributed by atoms with Crippen LogP contribution in [0.25, 0.3) is 11.1 Å². The van der Waals surface area contributed by atoms with E-state index in [4.69, 9.17) is 47.3 Å². The van der Waals surface area contributed by atoms with E-state index in [1.807, 2.05) is 24.3 Å². The number of carbonyl (C=O) groups excluding carboxylic acids is 2. The highest BCUT2D eigenvalue weighted by molar-refractivity contribution is 6.40. The van der Waals surface area contributed by atoms with Gasteiger partial charge < -0.3 is 39.3 Å². The summed E-state index contributed by atoms with van der Waals surface area (Å²) in [5, 5.41) is 11.3. The minimum atomic E-state index is -5.08. The van der Waals surface area contributed by atoms with Crippen LogP contribution in [0.5, 0.6) is 5.75 Å². The van der Waals surface area contributed by atoms with Crippen molar-refractivity contribution in [3.05, 3.63) is 75.0 Å². The van der Waals surface area contributed by atoms with E-state index in [1.54, 1.807) is 12.1 Å². The standard InChI is InChI=1S/C35H35Cl2FN4O5.C2HF3O2/c1-45-35(44)27-11-30(38)26(12-31(27)42-22-7-8-23(42)17-46-16-22)25-4-2-3-19-13-41(18-47-33(19)25)34(43)32-28(36)9-24(10-29(32)37)40-14-20-5-6-21(15-40)39-20;3-2(4,5)1(6)7/h2-4,9-12,20-23,39H,5-8,13-18H2,1H3;(H,6,7). The summed E-state index contributed by atoms with van der Waals surface area (Å²) in [6.07, 6.45) is -0.921. The highest BCUT2D eigenvalue weighted by Crippen LogP contribution is 2.44. The van der Waals surface area contributed by atoms with E-state index in [0.29, 0.717) is 63.5 Å². The monoisotopic (exact) mass is 794 g/mol. The molecule has 11 nitrogen and oxygen atoms in total. The first-order valence-corrected chi connectivity index (χ1v) is 18.1. The van der Waals surface area contributed by atoms with E-state index < -0.39 is 23.9 Å². The molecule has 4 saturated heterocycles. The van der Waals surface area contributed by atoms with Crippen LogP contribution in [0.15, 0.2) is 42.5 Å². The van der Waals surface area contributed by atoms with Gasteiger partial charge in [-0.1, -0.05) is 41.4 Å². The number of nitrogens with zero attached hydrogens (tertiary/aromatic N) is 3. The molecule has 4 unspecified atom stereocenters. The number of carbonyl (C=O) groups is 3. The zero-order valence-corrected chi connectivity index (χ0v) is 30.4. The van der Waals surface area contributed by atoms with Gasteiger partial charge in [-0.05, 0) is 49.9 Å². The number of carboxylic acid groups (broad SMARTS) is 1. The third-order valence-corrected chi connectivity index (χ3v) is 11.1. The Hall–Kier alpha value is -4.31. The van der Waals surface area contributed by atoms with Crippen molar-refractivity contribution < 1.29 is 51.3 Å². The number of alkyl halides is 3. The molecule has 0 radical (unpaired) electrons. The number of aliphatic carboxylic acids is 1. The van der Waals surface area contributed by atoms with E-state index in [0.717, 1.165) is 44.5 Å². The highest BCUT2D eigenvalue weighted by atomic mass is 35.5. The summed E-state index contributed by atoms with van der Waals surface area (Å²) in [7, 11) is 1.30. The zero-order valence-electron chi connectivity index (χ0n) is 28.9. The molecular weight excluding hydrogens is 759 g/mol. The molecule has 0 aromatic heterocycles. The second kappa shape index (κ2) is 15.1. The number of hydrogen-bond donors (Lipinski definition) is 2. The molecule has 2 N–H and O–H groups in total. The smallest absolute Gasteiger partial charge is 0.475 e. The number of esters is 1. The van der Waals surface area contributed by atoms with Gasteiger partial charge in [0.2, 0.25) is 0 Å². The average Bonchev–Trinajstić information content (AvgIpc) is 3.60. The van der Waals surface area contributed by atoms with Crippen molar-refractivity contribution in [2.45, 2.75) is 62.6 Å². The Morgan fingerprint density at radius 1 is 0.944 bits per heavy atom. The van der Waals surface area contributed by atoms with E-state index in [9.17, 15) is 22.8 Å². The number of morpholine rings is 1. The van der Waals surface area contributed by atoms with E-state index >= 15 is 4.39 Å². The molecule has 288 valence electrons. The van der Waals surface area contributed by atoms with Crippen molar-refractivity contribution in [1.29, 1.82) is 0 Å². The molecule has 54 heavy (non-hydrogen) atoms. The maximum absolute atomic E-state index is 15.9. The molecule has 0 saturated carbocycles. The van der Waals surface area contributed by atoms with Gasteiger partial charge in [0.15, 0.2) is 6.73 Å². The lowest BCUT2D eigenvalue weighted by molar-refractivity contribution is -0.192. The number of carboxylic acids is 1. The summed E-state index contributed by atoms with van der Waals surface area (Å²) in [5.41, 5.74) is 3.49. The van der Waals surface area contributed by atoms with Gasteiger partial charge >= 0.3 is 18.1 Å². The van der Waals surface area contributed by atoms with Crippen LogP contribution in [-0.4, -0.2) is 98.3 Å². The first-order chi connectivity index (χ1) is 25.7. The summed E-state index contributed by atoms with van der Waals surface area (Å²) in [4.78, 5) is 41.5. The lowest BCUT2D eigenvalue weighted by Crippen LogP contribution is -2.51. The van der Waals surface area contributed by atoms with Crippen LogP contribution in [0.4, 0.5) is 28.9 Å². The molecule has 3 aromatic carbocycles. The summed E-state index contributed by atoms with van der Waals surface area (Å²) < 4.78 is 64.6. The number of para-hydroxylation sites is 1. The fraction of sp³-hybridized carbons (Fsp3) is 0.432. The van der Waals surface area contributed by atoms with Crippen LogP contribution in [0.3, 0.4) is 0 Å². The van der Waals surface area contributed by atoms with Crippen molar-refractivity contribution in [2.24, 2.45) is 0 Å². The second-order valence-corrected chi connectivity index (χ2v) is 14.7. The van der Waals surface area contributed by atoms with Crippen LogP contribution in [0.1, 0.15) is 52.0 Å². The number of anilines is 2. The zero-order chi connectivity index (χ0) is 38.5. The minimum absolute atomic E-state index is 0.0687. The molecule has 4 bridgehead atoms. The molecule has 8 rings (SSSR count). The van der Waals surface area contributed by atoms with Gasteiger partial charge in [0.25, 0.3) is 5.91 Å². The molecule has 5 aliphatic rings. The summed E-state index contributed by atoms with van der Waals surface area (Å²) in [5.74, 6) is -3.78. The quantitative estimate of drug-likeness (QED) is 0.218. The molecule has 0 aliphatic carbocycles. The van der Waals surface area contributed by atoms with Gasteiger partial charge in [-0.25, -0.2) is 14.0 Å². The van der Waals surface area contributed by atoms with Crippen LogP contribution in [0, 0.1) is 5.82 Å². The predicted molar refractivity (Wildman–Crippen MR) is 191 cm³/mol. The van der Waals surface area contributed by atoms with E-state index in [-0.39, 0.29) is 42.4 Å². The van der Waals surface area contributed by atoms with Gasteiger partial charge in [-0.2, -0.15) is 13.2 Å². The molecule has 4 fully saturated rings. The van der Waals surface area contributed by atoms with Gasteiger partial charge in [0.1, 0.15) is 11.6 Å². The Labute approximate surface area is 317 Å². The molecule has 5 aliphatic heterocycles. The minimum Gasteiger partial charge on any atom is -0.475 e. The predicted octanol–water partition coefficient (Wildman–Crippen LogP) is 6.52. The van der Waals surface area contributed by atoms with Gasteiger partial charge in [-0.3, -0.25) is 4.79 Å². The maximum Gasteiger partial charge on any atom is 0.490 e. The van der Waals surface area contributed by atoms with Crippen LogP contribution in [-0.2, 0) is 20.8 Å². The number of halogens is 6. The summed E-state index contributed by atoms with van der Waals surface area (Å²) in [6.45, 7) is 2.99. The Bertz CT molecular complexity index is 1930. The number of hydrogen-bond acceptors (Lipinski definition) is 9. The van der Waals surface area contributed by atoms with Gasteiger partial charge in [-0.15, -0.1) is 0 Å². The van der Waals surface area contributed by atoms with Crippen molar-refractivity contribution >= 4 is 52.4 Å². The van der Waals surface area contributed by atoms with Crippen LogP contribution < -0.4 is 19.9 Å². The number of amides is 1. The van der Waals surface area contributed by atoms with Gasteiger partial charge in [0, 0.05) is 47.6 Å². The summed E-state index contributed by atoms with van der Waals surface area (Å²) >= 11 is 13.5. The molecular formula is C37H36Cl2F4N4O7. The SMILES string of the molecule is COC(=O)c1cc(F)c(-c2cccc3c2OCN(C(=O)c2c(Cl)cc(N4CC5CCC(C4)N5)cc2Cl)C3)cc1N1C2CCC1COC2.O=C(O)C(F)(F)F. The topological polar surface area (TPSA) is 121 Å². The highest BCUT2D eigenvalue weighted by Gasteiger charge is 2.41.